The number of aliphatic hydroxyl groups excluding tert-OH is 1. The molecule has 1 N–H and O–H groups in total. The lowest BCUT2D eigenvalue weighted by molar-refractivity contribution is -0.232. The molecular formula is C17H24O6. The minimum absolute atomic E-state index is 0.165. The predicted octanol–water partition coefficient (Wildman–Crippen LogP) is 1.46. The maximum absolute atomic E-state index is 10.3. The van der Waals surface area contributed by atoms with Gasteiger partial charge in [-0.15, -0.1) is 0 Å². The Balaban J connectivity index is 1.71. The maximum Gasteiger partial charge on any atom is 0.190 e. The van der Waals surface area contributed by atoms with E-state index in [0.717, 1.165) is 5.56 Å². The third kappa shape index (κ3) is 3.74. The van der Waals surface area contributed by atoms with Crippen LogP contribution in [0.1, 0.15) is 19.4 Å². The second-order valence-electron chi connectivity index (χ2n) is 6.35. The van der Waals surface area contributed by atoms with Crippen LogP contribution < -0.4 is 0 Å². The zero-order valence-electron chi connectivity index (χ0n) is 13.7. The highest BCUT2D eigenvalue weighted by atomic mass is 16.8. The summed E-state index contributed by atoms with van der Waals surface area (Å²) in [6.45, 7) is 4.25. The number of hydrogen-bond donors (Lipinski definition) is 1. The van der Waals surface area contributed by atoms with Gasteiger partial charge in [0, 0.05) is 7.11 Å². The SMILES string of the molecule is COC[C@@H](O)[C@@H]1O[C@@H]2OC(C)(C)O[C@@H]2[C@H]1OCc1ccccc1. The Hall–Kier alpha value is -1.02. The summed E-state index contributed by atoms with van der Waals surface area (Å²) >= 11 is 0. The molecule has 2 heterocycles. The molecule has 3 rings (SSSR count). The maximum atomic E-state index is 10.3. The van der Waals surface area contributed by atoms with Crippen LogP contribution in [0.3, 0.4) is 0 Å². The van der Waals surface area contributed by atoms with E-state index in [2.05, 4.69) is 0 Å². The van der Waals surface area contributed by atoms with Gasteiger partial charge in [0.05, 0.1) is 13.2 Å². The average Bonchev–Trinajstić information content (AvgIpc) is 2.98. The second-order valence-corrected chi connectivity index (χ2v) is 6.35. The third-order valence-electron chi connectivity index (χ3n) is 4.03. The van der Waals surface area contributed by atoms with E-state index in [1.54, 1.807) is 0 Å². The summed E-state index contributed by atoms with van der Waals surface area (Å²) in [5.41, 5.74) is 1.05. The third-order valence-corrected chi connectivity index (χ3v) is 4.03. The van der Waals surface area contributed by atoms with E-state index in [9.17, 15) is 5.11 Å². The molecule has 0 spiro atoms. The summed E-state index contributed by atoms with van der Waals surface area (Å²) in [6.07, 6.45) is -2.69. The van der Waals surface area contributed by atoms with Crippen LogP contribution in [-0.2, 0) is 30.3 Å². The van der Waals surface area contributed by atoms with Gasteiger partial charge in [0.2, 0.25) is 0 Å². The van der Waals surface area contributed by atoms with Gasteiger partial charge in [-0.05, 0) is 19.4 Å². The standard InChI is InChI=1S/C17H24O6/c1-17(2)22-15-14(20-9-11-7-5-4-6-8-11)13(12(18)10-19-3)21-16(15)23-17/h4-8,12-16,18H,9-10H2,1-3H3/t12-,13+,14+,15-,16-/m1/s1. The zero-order chi connectivity index (χ0) is 16.4. The second kappa shape index (κ2) is 6.84. The Bertz CT molecular complexity index is 505. The van der Waals surface area contributed by atoms with E-state index in [4.69, 9.17) is 23.7 Å². The molecule has 0 aliphatic carbocycles. The molecule has 23 heavy (non-hydrogen) atoms. The van der Waals surface area contributed by atoms with Crippen molar-refractivity contribution in [3.8, 4) is 0 Å². The van der Waals surface area contributed by atoms with Gasteiger partial charge in [0.1, 0.15) is 24.4 Å². The molecular weight excluding hydrogens is 300 g/mol. The molecule has 2 aliphatic rings. The molecule has 0 saturated carbocycles. The first-order valence-corrected chi connectivity index (χ1v) is 7.84. The van der Waals surface area contributed by atoms with Crippen LogP contribution in [0.25, 0.3) is 0 Å². The van der Waals surface area contributed by atoms with Crippen molar-refractivity contribution in [2.45, 2.75) is 56.9 Å². The number of benzene rings is 1. The van der Waals surface area contributed by atoms with E-state index in [1.165, 1.54) is 7.11 Å². The van der Waals surface area contributed by atoms with Gasteiger partial charge in [-0.3, -0.25) is 0 Å². The fourth-order valence-electron chi connectivity index (χ4n) is 3.04. The molecule has 2 saturated heterocycles. The van der Waals surface area contributed by atoms with Gasteiger partial charge >= 0.3 is 0 Å². The van der Waals surface area contributed by atoms with Gasteiger partial charge in [-0.2, -0.15) is 0 Å². The summed E-state index contributed by atoms with van der Waals surface area (Å²) in [4.78, 5) is 0. The van der Waals surface area contributed by atoms with Crippen LogP contribution >= 0.6 is 0 Å². The lowest BCUT2D eigenvalue weighted by Crippen LogP contribution is -2.44. The Morgan fingerprint density at radius 2 is 1.96 bits per heavy atom. The summed E-state index contributed by atoms with van der Waals surface area (Å²) < 4.78 is 28.5. The average molecular weight is 324 g/mol. The monoisotopic (exact) mass is 324 g/mol. The van der Waals surface area contributed by atoms with E-state index in [1.807, 2.05) is 44.2 Å². The van der Waals surface area contributed by atoms with E-state index in [-0.39, 0.29) is 12.7 Å². The van der Waals surface area contributed by atoms with Gasteiger partial charge < -0.3 is 28.8 Å². The van der Waals surface area contributed by atoms with Crippen molar-refractivity contribution in [3.05, 3.63) is 35.9 Å². The molecule has 2 aliphatic heterocycles. The molecule has 128 valence electrons. The summed E-state index contributed by atoms with van der Waals surface area (Å²) in [6, 6.07) is 9.86. The number of methoxy groups -OCH3 is 1. The van der Waals surface area contributed by atoms with Crippen LogP contribution in [0.5, 0.6) is 0 Å². The van der Waals surface area contributed by atoms with Crippen LogP contribution in [-0.4, -0.2) is 55.3 Å². The van der Waals surface area contributed by atoms with Crippen molar-refractivity contribution < 1.29 is 28.8 Å². The Morgan fingerprint density at radius 3 is 2.65 bits per heavy atom. The van der Waals surface area contributed by atoms with Gasteiger partial charge in [0.25, 0.3) is 0 Å². The Morgan fingerprint density at radius 1 is 1.22 bits per heavy atom. The van der Waals surface area contributed by atoms with Gasteiger partial charge in [-0.1, -0.05) is 30.3 Å². The van der Waals surface area contributed by atoms with Gasteiger partial charge in [0.15, 0.2) is 12.1 Å². The minimum atomic E-state index is -0.804. The Kier molecular flexibility index (Phi) is 5.01. The summed E-state index contributed by atoms with van der Waals surface area (Å²) in [5.74, 6) is -0.721. The molecule has 6 heteroatoms. The summed E-state index contributed by atoms with van der Waals surface area (Å²) in [7, 11) is 1.54. The van der Waals surface area contributed by atoms with Crippen LogP contribution in [0.4, 0.5) is 0 Å². The largest absolute Gasteiger partial charge is 0.388 e. The number of rotatable bonds is 6. The number of fused-ring (bicyclic) bond motifs is 1. The topological polar surface area (TPSA) is 66.4 Å². The molecule has 0 aromatic heterocycles. The van der Waals surface area contributed by atoms with Crippen molar-refractivity contribution in [2.24, 2.45) is 0 Å². The normalized spacial score (nSPS) is 33.6. The quantitative estimate of drug-likeness (QED) is 0.854. The molecule has 0 unspecified atom stereocenters. The number of hydrogen-bond acceptors (Lipinski definition) is 6. The molecule has 5 atom stereocenters. The van der Waals surface area contributed by atoms with Crippen LogP contribution in [0, 0.1) is 0 Å². The first kappa shape index (κ1) is 16.8. The van der Waals surface area contributed by atoms with Crippen molar-refractivity contribution in [1.29, 1.82) is 0 Å². The number of ether oxygens (including phenoxy) is 5. The zero-order valence-corrected chi connectivity index (χ0v) is 13.7. The molecule has 1 aromatic rings. The van der Waals surface area contributed by atoms with E-state index >= 15 is 0 Å². The fourth-order valence-corrected chi connectivity index (χ4v) is 3.04. The van der Waals surface area contributed by atoms with Crippen molar-refractivity contribution in [2.75, 3.05) is 13.7 Å². The molecule has 6 nitrogen and oxygen atoms in total. The predicted molar refractivity (Wildman–Crippen MR) is 81.6 cm³/mol. The lowest BCUT2D eigenvalue weighted by atomic mass is 10.1. The highest BCUT2D eigenvalue weighted by Gasteiger charge is 2.57. The molecule has 0 amide bonds. The first-order chi connectivity index (χ1) is 11.0. The summed E-state index contributed by atoms with van der Waals surface area (Å²) in [5, 5.41) is 10.3. The molecule has 0 bridgehead atoms. The Labute approximate surface area is 136 Å². The highest BCUT2D eigenvalue weighted by Crippen LogP contribution is 2.39. The minimum Gasteiger partial charge on any atom is -0.388 e. The van der Waals surface area contributed by atoms with Gasteiger partial charge in [-0.25, -0.2) is 0 Å². The molecule has 1 aromatic carbocycles. The highest BCUT2D eigenvalue weighted by molar-refractivity contribution is 5.13. The van der Waals surface area contributed by atoms with Crippen molar-refractivity contribution >= 4 is 0 Å². The smallest absolute Gasteiger partial charge is 0.190 e. The van der Waals surface area contributed by atoms with Crippen molar-refractivity contribution in [3.63, 3.8) is 0 Å². The molecule has 2 fully saturated rings. The van der Waals surface area contributed by atoms with Crippen LogP contribution in [0.2, 0.25) is 0 Å². The first-order valence-electron chi connectivity index (χ1n) is 7.84. The van der Waals surface area contributed by atoms with Crippen molar-refractivity contribution in [1.82, 2.24) is 0 Å². The number of aliphatic hydroxyl groups is 1. The van der Waals surface area contributed by atoms with Crippen LogP contribution in [0.15, 0.2) is 30.3 Å². The van der Waals surface area contributed by atoms with E-state index < -0.39 is 30.4 Å². The van der Waals surface area contributed by atoms with E-state index in [0.29, 0.717) is 6.61 Å². The fraction of sp³-hybridized carbons (Fsp3) is 0.647. The molecule has 0 radical (unpaired) electrons. The lowest BCUT2D eigenvalue weighted by Gasteiger charge is -2.28.